The van der Waals surface area contributed by atoms with E-state index < -0.39 is 0 Å². The van der Waals surface area contributed by atoms with Crippen LogP contribution in [0.4, 0.5) is 0 Å². The number of H-pyrrole nitrogens is 1. The number of benzene rings is 2. The lowest BCUT2D eigenvalue weighted by atomic mass is 10.1. The first-order valence-corrected chi connectivity index (χ1v) is 7.49. The third-order valence-electron chi connectivity index (χ3n) is 3.10. The van der Waals surface area contributed by atoms with Gasteiger partial charge in [0.1, 0.15) is 5.82 Å². The van der Waals surface area contributed by atoms with Crippen LogP contribution in [0.25, 0.3) is 11.3 Å². The van der Waals surface area contributed by atoms with E-state index >= 15 is 0 Å². The van der Waals surface area contributed by atoms with Crippen LogP contribution in [0.15, 0.2) is 48.7 Å². The first-order valence-electron chi connectivity index (χ1n) is 6.36. The van der Waals surface area contributed by atoms with E-state index in [-0.39, 0.29) is 0 Å². The van der Waals surface area contributed by atoms with Gasteiger partial charge in [-0.1, -0.05) is 46.9 Å². The molecule has 0 amide bonds. The average Bonchev–Trinajstić information content (AvgIpc) is 2.87. The zero-order valence-electron chi connectivity index (χ0n) is 10.9. The molecule has 21 heavy (non-hydrogen) atoms. The summed E-state index contributed by atoms with van der Waals surface area (Å²) in [6, 6.07) is 13.1. The average molecular weight is 338 g/mol. The van der Waals surface area contributed by atoms with Gasteiger partial charge in [-0.05, 0) is 35.9 Å². The van der Waals surface area contributed by atoms with E-state index in [1.807, 2.05) is 36.5 Å². The number of nitrogens with zero attached hydrogens (tertiary/aromatic N) is 1. The van der Waals surface area contributed by atoms with Crippen molar-refractivity contribution < 1.29 is 0 Å². The van der Waals surface area contributed by atoms with E-state index in [9.17, 15) is 0 Å². The second-order valence-corrected chi connectivity index (χ2v) is 5.94. The molecular weight excluding hydrogens is 327 g/mol. The molecule has 0 aliphatic rings. The van der Waals surface area contributed by atoms with Crippen LogP contribution in [0, 0.1) is 0 Å². The van der Waals surface area contributed by atoms with Gasteiger partial charge in [-0.3, -0.25) is 0 Å². The van der Waals surface area contributed by atoms with E-state index in [2.05, 4.69) is 9.97 Å². The Morgan fingerprint density at radius 2 is 1.76 bits per heavy atom. The van der Waals surface area contributed by atoms with Crippen molar-refractivity contribution in [3.8, 4) is 11.3 Å². The lowest BCUT2D eigenvalue weighted by molar-refractivity contribution is 1.03. The van der Waals surface area contributed by atoms with Gasteiger partial charge >= 0.3 is 0 Å². The Hall–Kier alpha value is -1.48. The maximum atomic E-state index is 6.20. The molecule has 106 valence electrons. The highest BCUT2D eigenvalue weighted by Crippen LogP contribution is 2.29. The number of aromatic amines is 1. The molecule has 0 spiro atoms. The van der Waals surface area contributed by atoms with Crippen molar-refractivity contribution in [3.63, 3.8) is 0 Å². The summed E-state index contributed by atoms with van der Waals surface area (Å²) in [5, 5.41) is 1.92. The van der Waals surface area contributed by atoms with Crippen molar-refractivity contribution in [2.24, 2.45) is 0 Å². The van der Waals surface area contributed by atoms with E-state index in [0.29, 0.717) is 16.5 Å². The summed E-state index contributed by atoms with van der Waals surface area (Å²) >= 11 is 18.1. The number of nitrogens with one attached hydrogen (secondary N) is 1. The van der Waals surface area contributed by atoms with Gasteiger partial charge in [0.2, 0.25) is 0 Å². The molecule has 0 radical (unpaired) electrons. The molecule has 1 heterocycles. The highest BCUT2D eigenvalue weighted by molar-refractivity contribution is 6.36. The third-order valence-corrected chi connectivity index (χ3v) is 3.88. The van der Waals surface area contributed by atoms with E-state index in [1.165, 1.54) is 0 Å². The number of hydrogen-bond acceptors (Lipinski definition) is 1. The minimum absolute atomic E-state index is 0.586. The molecule has 0 aliphatic carbocycles. The smallest absolute Gasteiger partial charge is 0.111 e. The number of halogens is 3. The molecule has 0 fully saturated rings. The van der Waals surface area contributed by atoms with Crippen LogP contribution in [0.1, 0.15) is 11.4 Å². The molecule has 1 N–H and O–H groups in total. The minimum atomic E-state index is 0.586. The van der Waals surface area contributed by atoms with Gasteiger partial charge in [-0.2, -0.15) is 0 Å². The van der Waals surface area contributed by atoms with Crippen LogP contribution in [-0.4, -0.2) is 9.97 Å². The third kappa shape index (κ3) is 3.41. The van der Waals surface area contributed by atoms with Crippen LogP contribution < -0.4 is 0 Å². The highest BCUT2D eigenvalue weighted by Gasteiger charge is 2.09. The molecule has 3 rings (SSSR count). The number of aromatic nitrogens is 2. The fraction of sp³-hybridized carbons (Fsp3) is 0.0625. The molecule has 0 unspecified atom stereocenters. The largest absolute Gasteiger partial charge is 0.348 e. The molecule has 2 nitrogen and oxygen atoms in total. The van der Waals surface area contributed by atoms with Crippen molar-refractivity contribution >= 4 is 34.8 Å². The molecule has 0 saturated heterocycles. The van der Waals surface area contributed by atoms with Crippen LogP contribution in [-0.2, 0) is 6.42 Å². The van der Waals surface area contributed by atoms with Gasteiger partial charge in [0.15, 0.2) is 0 Å². The Balaban J connectivity index is 1.86. The molecule has 0 bridgehead atoms. The van der Waals surface area contributed by atoms with Gasteiger partial charge in [-0.25, -0.2) is 4.98 Å². The number of hydrogen-bond donors (Lipinski definition) is 1. The highest BCUT2D eigenvalue weighted by atomic mass is 35.5. The summed E-state index contributed by atoms with van der Waals surface area (Å²) in [5.41, 5.74) is 2.76. The van der Waals surface area contributed by atoms with Gasteiger partial charge in [0.25, 0.3) is 0 Å². The van der Waals surface area contributed by atoms with Crippen molar-refractivity contribution in [2.45, 2.75) is 6.42 Å². The Bertz CT molecular complexity index is 781. The normalized spacial score (nSPS) is 10.8. The molecule has 0 aliphatic heterocycles. The fourth-order valence-corrected chi connectivity index (χ4v) is 2.85. The number of imidazole rings is 1. The van der Waals surface area contributed by atoms with Crippen LogP contribution in [0.3, 0.4) is 0 Å². The van der Waals surface area contributed by atoms with E-state index in [4.69, 9.17) is 34.8 Å². The Morgan fingerprint density at radius 1 is 0.952 bits per heavy atom. The minimum Gasteiger partial charge on any atom is -0.348 e. The number of rotatable bonds is 3. The van der Waals surface area contributed by atoms with Crippen molar-refractivity contribution in [2.75, 3.05) is 0 Å². The molecule has 3 aromatic rings. The summed E-state index contributed by atoms with van der Waals surface area (Å²) in [4.78, 5) is 7.74. The molecule has 5 heteroatoms. The zero-order valence-corrected chi connectivity index (χ0v) is 13.2. The summed E-state index contributed by atoms with van der Waals surface area (Å²) in [7, 11) is 0. The maximum Gasteiger partial charge on any atom is 0.111 e. The molecule has 1 aromatic heterocycles. The second-order valence-electron chi connectivity index (χ2n) is 4.66. The van der Waals surface area contributed by atoms with Crippen LogP contribution in [0.5, 0.6) is 0 Å². The van der Waals surface area contributed by atoms with Gasteiger partial charge < -0.3 is 4.98 Å². The Morgan fingerprint density at radius 3 is 2.52 bits per heavy atom. The summed E-state index contributed by atoms with van der Waals surface area (Å²) < 4.78 is 0. The van der Waals surface area contributed by atoms with Gasteiger partial charge in [-0.15, -0.1) is 0 Å². The monoisotopic (exact) mass is 336 g/mol. The second kappa shape index (κ2) is 6.10. The summed E-state index contributed by atoms with van der Waals surface area (Å²) in [6.07, 6.45) is 2.53. The Labute approximate surface area is 137 Å². The standard InChI is InChI=1S/C16H11Cl3N2/c17-11-3-1-2-10(6-11)7-16-20-9-15(21-16)13-5-4-12(18)8-14(13)19/h1-6,8-9H,7H2,(H,20,21). The topological polar surface area (TPSA) is 28.7 Å². The fourth-order valence-electron chi connectivity index (χ4n) is 2.13. The first kappa shape index (κ1) is 14.5. The maximum absolute atomic E-state index is 6.20. The Kier molecular flexibility index (Phi) is 4.20. The quantitative estimate of drug-likeness (QED) is 0.659. The summed E-state index contributed by atoms with van der Waals surface area (Å²) in [6.45, 7) is 0. The predicted molar refractivity (Wildman–Crippen MR) is 88.3 cm³/mol. The van der Waals surface area contributed by atoms with E-state index in [1.54, 1.807) is 12.1 Å². The molecule has 2 aromatic carbocycles. The van der Waals surface area contributed by atoms with Crippen LogP contribution >= 0.6 is 34.8 Å². The molecule has 0 atom stereocenters. The molecule has 0 saturated carbocycles. The van der Waals surface area contributed by atoms with Crippen molar-refractivity contribution in [3.05, 3.63) is 75.1 Å². The van der Waals surface area contributed by atoms with Crippen molar-refractivity contribution in [1.29, 1.82) is 0 Å². The lowest BCUT2D eigenvalue weighted by Gasteiger charge is -2.01. The zero-order chi connectivity index (χ0) is 14.8. The summed E-state index contributed by atoms with van der Waals surface area (Å²) in [5.74, 6) is 0.860. The lowest BCUT2D eigenvalue weighted by Crippen LogP contribution is -1.90. The van der Waals surface area contributed by atoms with Gasteiger partial charge in [0, 0.05) is 28.2 Å². The first-order chi connectivity index (χ1) is 10.1. The van der Waals surface area contributed by atoms with Crippen molar-refractivity contribution in [1.82, 2.24) is 9.97 Å². The SMILES string of the molecule is Clc1cccc(Cc2nc(-c3ccc(Cl)cc3Cl)c[nH]2)c1. The predicted octanol–water partition coefficient (Wildman–Crippen LogP) is 5.63. The van der Waals surface area contributed by atoms with E-state index in [0.717, 1.165) is 27.7 Å². The van der Waals surface area contributed by atoms with Crippen LogP contribution in [0.2, 0.25) is 15.1 Å². The molecular formula is C16H11Cl3N2. The van der Waals surface area contributed by atoms with Gasteiger partial charge in [0.05, 0.1) is 10.7 Å².